The topological polar surface area (TPSA) is 72.2 Å². The number of halogens is 2. The lowest BCUT2D eigenvalue weighted by atomic mass is 10.1. The highest BCUT2D eigenvalue weighted by molar-refractivity contribution is 6.32. The second-order valence-corrected chi connectivity index (χ2v) is 5.90. The van der Waals surface area contributed by atoms with Gasteiger partial charge < -0.3 is 5.32 Å². The molecular formula is C18H11ClFN5O. The Bertz CT molecular complexity index is 1130. The van der Waals surface area contributed by atoms with Crippen molar-refractivity contribution >= 4 is 28.8 Å². The van der Waals surface area contributed by atoms with Crippen LogP contribution in [0.2, 0.25) is 5.15 Å². The number of carbonyl (C=O) groups excluding carboxylic acids is 1. The highest BCUT2D eigenvalue weighted by Gasteiger charge is 2.12. The van der Waals surface area contributed by atoms with Crippen LogP contribution in [0, 0.1) is 5.82 Å². The van der Waals surface area contributed by atoms with Gasteiger partial charge in [0.25, 0.3) is 5.91 Å². The van der Waals surface area contributed by atoms with Crippen molar-refractivity contribution in [2.75, 3.05) is 5.32 Å². The van der Waals surface area contributed by atoms with Gasteiger partial charge in [0.15, 0.2) is 10.8 Å². The molecular weight excluding hydrogens is 357 g/mol. The van der Waals surface area contributed by atoms with Gasteiger partial charge in [0.05, 0.1) is 5.69 Å². The lowest BCUT2D eigenvalue weighted by Crippen LogP contribution is -2.12. The Morgan fingerprint density at radius 3 is 2.88 bits per heavy atom. The number of carbonyl (C=O) groups is 1. The number of fused-ring (bicyclic) bond motifs is 1. The second kappa shape index (κ2) is 6.53. The third kappa shape index (κ3) is 3.12. The molecule has 1 amide bonds. The summed E-state index contributed by atoms with van der Waals surface area (Å²) < 4.78 is 15.1. The van der Waals surface area contributed by atoms with Gasteiger partial charge in [-0.25, -0.2) is 9.37 Å². The highest BCUT2D eigenvalue weighted by atomic mass is 35.5. The summed E-state index contributed by atoms with van der Waals surface area (Å²) >= 11 is 6.10. The maximum atomic E-state index is 13.3. The third-order valence-corrected chi connectivity index (χ3v) is 4.10. The second-order valence-electron chi connectivity index (χ2n) is 5.54. The van der Waals surface area contributed by atoms with E-state index in [1.807, 2.05) is 18.3 Å². The predicted octanol–water partition coefficient (Wildman–Crippen LogP) is 3.84. The predicted molar refractivity (Wildman–Crippen MR) is 95.6 cm³/mol. The lowest BCUT2D eigenvalue weighted by Gasteiger charge is -2.09. The Balaban J connectivity index is 1.66. The van der Waals surface area contributed by atoms with Gasteiger partial charge in [-0.3, -0.25) is 9.20 Å². The zero-order valence-corrected chi connectivity index (χ0v) is 14.0. The number of nitrogens with zero attached hydrogens (tertiary/aromatic N) is 4. The van der Waals surface area contributed by atoms with Crippen LogP contribution < -0.4 is 5.32 Å². The van der Waals surface area contributed by atoms with Gasteiger partial charge in [0.1, 0.15) is 12.1 Å². The fraction of sp³-hybridized carbons (Fsp3) is 0. The molecule has 0 aliphatic rings. The first-order chi connectivity index (χ1) is 12.6. The summed E-state index contributed by atoms with van der Waals surface area (Å²) in [5, 5.41) is 10.6. The maximum Gasteiger partial charge on any atom is 0.255 e. The minimum absolute atomic E-state index is 0.142. The van der Waals surface area contributed by atoms with Crippen LogP contribution in [0.15, 0.2) is 61.2 Å². The Kier molecular flexibility index (Phi) is 4.06. The van der Waals surface area contributed by atoms with E-state index in [9.17, 15) is 9.18 Å². The van der Waals surface area contributed by atoms with E-state index in [1.54, 1.807) is 23.0 Å². The number of benzene rings is 1. The van der Waals surface area contributed by atoms with Gasteiger partial charge >= 0.3 is 0 Å². The van der Waals surface area contributed by atoms with Crippen LogP contribution in [0.3, 0.4) is 0 Å². The summed E-state index contributed by atoms with van der Waals surface area (Å²) in [4.78, 5) is 16.4. The normalized spacial score (nSPS) is 10.8. The number of anilines is 1. The zero-order chi connectivity index (χ0) is 18.1. The van der Waals surface area contributed by atoms with E-state index in [0.717, 1.165) is 22.8 Å². The first kappa shape index (κ1) is 16.2. The Morgan fingerprint density at radius 2 is 2.04 bits per heavy atom. The number of rotatable bonds is 3. The van der Waals surface area contributed by atoms with Crippen LogP contribution in [0.4, 0.5) is 10.1 Å². The van der Waals surface area contributed by atoms with Crippen molar-refractivity contribution in [2.24, 2.45) is 0 Å². The van der Waals surface area contributed by atoms with E-state index in [0.29, 0.717) is 5.69 Å². The zero-order valence-electron chi connectivity index (χ0n) is 13.2. The molecule has 26 heavy (non-hydrogen) atoms. The van der Waals surface area contributed by atoms with E-state index < -0.39 is 11.7 Å². The van der Waals surface area contributed by atoms with Gasteiger partial charge in [0.2, 0.25) is 0 Å². The Labute approximate surface area is 152 Å². The molecule has 0 atom stereocenters. The van der Waals surface area contributed by atoms with Crippen LogP contribution in [-0.4, -0.2) is 25.5 Å². The maximum absolute atomic E-state index is 13.3. The van der Waals surface area contributed by atoms with E-state index in [1.165, 1.54) is 18.2 Å². The van der Waals surface area contributed by atoms with Crippen molar-refractivity contribution in [3.8, 4) is 11.1 Å². The van der Waals surface area contributed by atoms with Gasteiger partial charge in [-0.2, -0.15) is 0 Å². The third-order valence-electron chi connectivity index (χ3n) is 3.80. The molecule has 3 heterocycles. The SMILES string of the molecule is O=C(Nc1cc(-c2ccc3nncn3c2)cnc1Cl)c1cccc(F)c1. The molecule has 0 aliphatic heterocycles. The van der Waals surface area contributed by atoms with Crippen molar-refractivity contribution in [2.45, 2.75) is 0 Å². The summed E-state index contributed by atoms with van der Waals surface area (Å²) in [5.74, 6) is -0.961. The molecule has 8 heteroatoms. The van der Waals surface area contributed by atoms with Crippen molar-refractivity contribution in [1.29, 1.82) is 0 Å². The van der Waals surface area contributed by atoms with Crippen LogP contribution in [0.25, 0.3) is 16.8 Å². The van der Waals surface area contributed by atoms with E-state index in [2.05, 4.69) is 20.5 Å². The van der Waals surface area contributed by atoms with Crippen molar-refractivity contribution in [3.63, 3.8) is 0 Å². The minimum Gasteiger partial charge on any atom is -0.319 e. The van der Waals surface area contributed by atoms with Gasteiger partial charge in [-0.05, 0) is 36.4 Å². The minimum atomic E-state index is -0.488. The average molecular weight is 368 g/mol. The average Bonchev–Trinajstić information content (AvgIpc) is 3.11. The fourth-order valence-electron chi connectivity index (χ4n) is 2.52. The summed E-state index contributed by atoms with van der Waals surface area (Å²) in [7, 11) is 0. The Hall–Kier alpha value is -3.32. The van der Waals surface area contributed by atoms with Crippen LogP contribution in [0.1, 0.15) is 10.4 Å². The van der Waals surface area contributed by atoms with Crippen molar-refractivity contribution in [3.05, 3.63) is 77.7 Å². The summed E-state index contributed by atoms with van der Waals surface area (Å²) in [5.41, 5.74) is 2.84. The molecule has 0 radical (unpaired) electrons. The molecule has 4 rings (SSSR count). The summed E-state index contributed by atoms with van der Waals surface area (Å²) in [6.45, 7) is 0. The summed E-state index contributed by atoms with van der Waals surface area (Å²) in [6.07, 6.45) is 5.04. The molecule has 0 unspecified atom stereocenters. The van der Waals surface area contributed by atoms with Gasteiger partial charge in [-0.15, -0.1) is 10.2 Å². The molecule has 0 saturated carbocycles. The number of nitrogens with one attached hydrogen (secondary N) is 1. The van der Waals surface area contributed by atoms with Gasteiger partial charge in [0, 0.05) is 29.1 Å². The number of hydrogen-bond acceptors (Lipinski definition) is 4. The monoisotopic (exact) mass is 367 g/mol. The quantitative estimate of drug-likeness (QED) is 0.558. The highest BCUT2D eigenvalue weighted by Crippen LogP contribution is 2.27. The molecule has 4 aromatic rings. The Morgan fingerprint density at radius 1 is 1.15 bits per heavy atom. The number of pyridine rings is 2. The molecule has 0 bridgehead atoms. The molecule has 1 aromatic carbocycles. The molecule has 6 nitrogen and oxygen atoms in total. The van der Waals surface area contributed by atoms with Crippen LogP contribution in [-0.2, 0) is 0 Å². The number of amides is 1. The van der Waals surface area contributed by atoms with E-state index >= 15 is 0 Å². The number of hydrogen-bond donors (Lipinski definition) is 1. The molecule has 0 aliphatic carbocycles. The number of aromatic nitrogens is 4. The van der Waals surface area contributed by atoms with Crippen LogP contribution in [0.5, 0.6) is 0 Å². The smallest absolute Gasteiger partial charge is 0.255 e. The first-order valence-electron chi connectivity index (χ1n) is 7.62. The summed E-state index contributed by atoms with van der Waals surface area (Å²) in [6, 6.07) is 10.8. The molecule has 128 valence electrons. The lowest BCUT2D eigenvalue weighted by molar-refractivity contribution is 0.102. The molecule has 0 fully saturated rings. The largest absolute Gasteiger partial charge is 0.319 e. The molecule has 3 aromatic heterocycles. The fourth-order valence-corrected chi connectivity index (χ4v) is 2.67. The van der Waals surface area contributed by atoms with Crippen molar-refractivity contribution in [1.82, 2.24) is 19.6 Å². The molecule has 0 spiro atoms. The molecule has 1 N–H and O–H groups in total. The van der Waals surface area contributed by atoms with Gasteiger partial charge in [-0.1, -0.05) is 17.7 Å². The van der Waals surface area contributed by atoms with E-state index in [-0.39, 0.29) is 10.7 Å². The standard InChI is InChI=1S/C18H11ClFN5O/c19-17-15(23-18(26)11-2-1-3-14(20)6-11)7-13(8-21-17)12-4-5-16-24-22-10-25(16)9-12/h1-10H,(H,23,26). The first-order valence-corrected chi connectivity index (χ1v) is 8.00. The van der Waals surface area contributed by atoms with Crippen LogP contribution >= 0.6 is 11.6 Å². The van der Waals surface area contributed by atoms with Crippen molar-refractivity contribution < 1.29 is 9.18 Å². The van der Waals surface area contributed by atoms with E-state index in [4.69, 9.17) is 11.6 Å². The molecule has 0 saturated heterocycles.